The minimum absolute atomic E-state index is 0.0757. The van der Waals surface area contributed by atoms with E-state index in [0.717, 1.165) is 26.2 Å². The molecule has 0 radical (unpaired) electrons. The van der Waals surface area contributed by atoms with Gasteiger partial charge in [-0.25, -0.2) is 0 Å². The smallest absolute Gasteiger partial charge is 0.225 e. The van der Waals surface area contributed by atoms with Gasteiger partial charge in [0.2, 0.25) is 5.91 Å². The normalized spacial score (nSPS) is 26.1. The zero-order chi connectivity index (χ0) is 12.1. The molecule has 4 heteroatoms. The standard InChI is InChI=1S/C13H24N2O2/c1-2-15(11-5-3-4-6-11)13(16)9-12-10-14-7-8-17-12/h11-12,14H,2-10H2,1H3. The Labute approximate surface area is 104 Å². The number of nitrogens with one attached hydrogen (secondary N) is 1. The van der Waals surface area contributed by atoms with Crippen molar-refractivity contribution in [3.8, 4) is 0 Å². The maximum Gasteiger partial charge on any atom is 0.225 e. The van der Waals surface area contributed by atoms with E-state index in [0.29, 0.717) is 12.5 Å². The van der Waals surface area contributed by atoms with Crippen LogP contribution in [0.4, 0.5) is 0 Å². The monoisotopic (exact) mass is 240 g/mol. The van der Waals surface area contributed by atoms with Crippen LogP contribution < -0.4 is 5.32 Å². The Bertz CT molecular complexity index is 246. The molecule has 17 heavy (non-hydrogen) atoms. The van der Waals surface area contributed by atoms with Gasteiger partial charge in [-0.1, -0.05) is 12.8 Å². The van der Waals surface area contributed by atoms with E-state index >= 15 is 0 Å². The molecule has 2 rings (SSSR count). The molecule has 0 aromatic carbocycles. The molecule has 98 valence electrons. The zero-order valence-corrected chi connectivity index (χ0v) is 10.8. The molecular formula is C13H24N2O2. The van der Waals surface area contributed by atoms with Crippen molar-refractivity contribution in [2.45, 2.75) is 51.2 Å². The molecule has 1 saturated heterocycles. The van der Waals surface area contributed by atoms with Crippen molar-refractivity contribution < 1.29 is 9.53 Å². The third-order valence-corrected chi connectivity index (χ3v) is 3.83. The molecule has 0 aromatic rings. The van der Waals surface area contributed by atoms with Gasteiger partial charge in [0, 0.05) is 25.7 Å². The van der Waals surface area contributed by atoms with Gasteiger partial charge in [-0.3, -0.25) is 4.79 Å². The summed E-state index contributed by atoms with van der Waals surface area (Å²) in [6, 6.07) is 0.490. The second-order valence-electron chi connectivity index (χ2n) is 5.02. The molecule has 1 aliphatic heterocycles. The van der Waals surface area contributed by atoms with Crippen LogP contribution >= 0.6 is 0 Å². The highest BCUT2D eigenvalue weighted by atomic mass is 16.5. The van der Waals surface area contributed by atoms with Crippen LogP contribution in [0.1, 0.15) is 39.0 Å². The first kappa shape index (κ1) is 12.8. The number of carbonyl (C=O) groups is 1. The average molecular weight is 240 g/mol. The van der Waals surface area contributed by atoms with E-state index in [9.17, 15) is 4.79 Å². The zero-order valence-electron chi connectivity index (χ0n) is 10.8. The number of amides is 1. The minimum Gasteiger partial charge on any atom is -0.375 e. The molecule has 4 nitrogen and oxygen atoms in total. The molecule has 1 aliphatic carbocycles. The molecule has 1 amide bonds. The van der Waals surface area contributed by atoms with E-state index in [1.807, 2.05) is 0 Å². The fourth-order valence-electron chi connectivity index (χ4n) is 2.92. The van der Waals surface area contributed by atoms with E-state index in [1.54, 1.807) is 0 Å². The second kappa shape index (κ2) is 6.36. The van der Waals surface area contributed by atoms with Crippen molar-refractivity contribution in [3.63, 3.8) is 0 Å². The topological polar surface area (TPSA) is 41.6 Å². The van der Waals surface area contributed by atoms with Crippen LogP contribution in [0.5, 0.6) is 0 Å². The molecular weight excluding hydrogens is 216 g/mol. The van der Waals surface area contributed by atoms with Crippen molar-refractivity contribution >= 4 is 5.91 Å². The van der Waals surface area contributed by atoms with Gasteiger partial charge in [0.25, 0.3) is 0 Å². The molecule has 2 aliphatic rings. The van der Waals surface area contributed by atoms with Gasteiger partial charge in [-0.05, 0) is 19.8 Å². The van der Waals surface area contributed by atoms with Gasteiger partial charge in [0.15, 0.2) is 0 Å². The lowest BCUT2D eigenvalue weighted by molar-refractivity contribution is -0.136. The van der Waals surface area contributed by atoms with Crippen LogP contribution in [0.15, 0.2) is 0 Å². The van der Waals surface area contributed by atoms with Crippen molar-refractivity contribution in [1.82, 2.24) is 10.2 Å². The predicted octanol–water partition coefficient (Wildman–Crippen LogP) is 1.16. The number of ether oxygens (including phenoxy) is 1. The maximum absolute atomic E-state index is 12.2. The molecule has 1 N–H and O–H groups in total. The van der Waals surface area contributed by atoms with Gasteiger partial charge in [-0.2, -0.15) is 0 Å². The summed E-state index contributed by atoms with van der Waals surface area (Å²) >= 11 is 0. The lowest BCUT2D eigenvalue weighted by Gasteiger charge is -2.30. The van der Waals surface area contributed by atoms with Gasteiger partial charge in [-0.15, -0.1) is 0 Å². The van der Waals surface area contributed by atoms with E-state index in [2.05, 4.69) is 17.1 Å². The summed E-state index contributed by atoms with van der Waals surface area (Å²) in [6.45, 7) is 5.37. The second-order valence-corrected chi connectivity index (χ2v) is 5.02. The molecule has 0 aromatic heterocycles. The molecule has 1 atom stereocenters. The summed E-state index contributed by atoms with van der Waals surface area (Å²) < 4.78 is 5.60. The highest BCUT2D eigenvalue weighted by Gasteiger charge is 2.27. The molecule has 1 unspecified atom stereocenters. The first-order valence-electron chi connectivity index (χ1n) is 6.93. The highest BCUT2D eigenvalue weighted by Crippen LogP contribution is 2.24. The summed E-state index contributed by atoms with van der Waals surface area (Å²) in [4.78, 5) is 14.3. The van der Waals surface area contributed by atoms with Crippen molar-refractivity contribution in [2.24, 2.45) is 0 Å². The molecule has 0 spiro atoms. The number of carbonyl (C=O) groups excluding carboxylic acids is 1. The van der Waals surface area contributed by atoms with Crippen LogP contribution in [0, 0.1) is 0 Å². The van der Waals surface area contributed by atoms with E-state index in [1.165, 1.54) is 25.7 Å². The van der Waals surface area contributed by atoms with E-state index in [4.69, 9.17) is 4.74 Å². The number of rotatable bonds is 4. The molecule has 1 heterocycles. The SMILES string of the molecule is CCN(C(=O)CC1CNCCO1)C1CCCC1. The maximum atomic E-state index is 12.2. The van der Waals surface area contributed by atoms with E-state index < -0.39 is 0 Å². The van der Waals surface area contributed by atoms with Gasteiger partial charge in [0.05, 0.1) is 19.1 Å². The van der Waals surface area contributed by atoms with Crippen molar-refractivity contribution in [1.29, 1.82) is 0 Å². The van der Waals surface area contributed by atoms with E-state index in [-0.39, 0.29) is 12.0 Å². The Morgan fingerprint density at radius 1 is 1.41 bits per heavy atom. The van der Waals surface area contributed by atoms with Crippen LogP contribution in [0.2, 0.25) is 0 Å². The Hall–Kier alpha value is -0.610. The number of nitrogens with zero attached hydrogens (tertiary/aromatic N) is 1. The lowest BCUT2D eigenvalue weighted by atomic mass is 10.1. The summed E-state index contributed by atoms with van der Waals surface area (Å²) in [5.41, 5.74) is 0. The third kappa shape index (κ3) is 3.42. The Kier molecular flexibility index (Phi) is 4.80. The summed E-state index contributed by atoms with van der Waals surface area (Å²) in [6.07, 6.45) is 5.53. The number of morpholine rings is 1. The van der Waals surface area contributed by atoms with Crippen LogP contribution in [-0.2, 0) is 9.53 Å². The molecule has 2 fully saturated rings. The Morgan fingerprint density at radius 3 is 2.76 bits per heavy atom. The number of hydrogen-bond acceptors (Lipinski definition) is 3. The van der Waals surface area contributed by atoms with Crippen molar-refractivity contribution in [3.05, 3.63) is 0 Å². The Morgan fingerprint density at radius 2 is 2.18 bits per heavy atom. The summed E-state index contributed by atoms with van der Waals surface area (Å²) in [5, 5.41) is 3.27. The highest BCUT2D eigenvalue weighted by molar-refractivity contribution is 5.77. The van der Waals surface area contributed by atoms with Crippen LogP contribution in [0.3, 0.4) is 0 Å². The fourth-order valence-corrected chi connectivity index (χ4v) is 2.92. The predicted molar refractivity (Wildman–Crippen MR) is 66.9 cm³/mol. The summed E-state index contributed by atoms with van der Waals surface area (Å²) in [7, 11) is 0. The average Bonchev–Trinajstić information content (AvgIpc) is 2.85. The molecule has 0 bridgehead atoms. The van der Waals surface area contributed by atoms with Crippen LogP contribution in [0.25, 0.3) is 0 Å². The number of hydrogen-bond donors (Lipinski definition) is 1. The van der Waals surface area contributed by atoms with Gasteiger partial charge < -0.3 is 15.0 Å². The largest absolute Gasteiger partial charge is 0.375 e. The first-order chi connectivity index (χ1) is 8.31. The minimum atomic E-state index is 0.0757. The van der Waals surface area contributed by atoms with Crippen LogP contribution in [-0.4, -0.2) is 49.2 Å². The van der Waals surface area contributed by atoms with Crippen molar-refractivity contribution in [2.75, 3.05) is 26.2 Å². The molecule has 1 saturated carbocycles. The quantitative estimate of drug-likeness (QED) is 0.801. The lowest BCUT2D eigenvalue weighted by Crippen LogP contribution is -2.44. The fraction of sp³-hybridized carbons (Fsp3) is 0.923. The first-order valence-corrected chi connectivity index (χ1v) is 6.93. The van der Waals surface area contributed by atoms with Gasteiger partial charge >= 0.3 is 0 Å². The summed E-state index contributed by atoms with van der Waals surface area (Å²) in [5.74, 6) is 0.271. The third-order valence-electron chi connectivity index (χ3n) is 3.83. The Balaban J connectivity index is 1.83. The van der Waals surface area contributed by atoms with Gasteiger partial charge in [0.1, 0.15) is 0 Å².